The third-order valence-electron chi connectivity index (χ3n) is 4.69. The minimum Gasteiger partial charge on any atom is -0.383 e. The number of nitrogen functional groups attached to an aromatic ring is 1. The highest BCUT2D eigenvalue weighted by Crippen LogP contribution is 2.22. The molecule has 3 aromatic rings. The van der Waals surface area contributed by atoms with E-state index in [0.717, 1.165) is 11.4 Å². The van der Waals surface area contributed by atoms with E-state index >= 15 is 0 Å². The van der Waals surface area contributed by atoms with E-state index in [9.17, 15) is 14.4 Å². The SMILES string of the molecule is CCc1nc(SCC(=O)N(CC(C)C)c2c(N)n(Cc3ccccc3)c(=O)[nH]c2=O)n[nH]1. The van der Waals surface area contributed by atoms with Crippen molar-refractivity contribution in [1.82, 2.24) is 24.7 Å². The molecule has 0 atom stereocenters. The van der Waals surface area contributed by atoms with Gasteiger partial charge in [-0.05, 0) is 11.5 Å². The van der Waals surface area contributed by atoms with E-state index in [1.165, 1.54) is 21.2 Å². The Labute approximate surface area is 189 Å². The summed E-state index contributed by atoms with van der Waals surface area (Å²) >= 11 is 1.17. The van der Waals surface area contributed by atoms with Gasteiger partial charge in [-0.25, -0.2) is 9.78 Å². The first-order chi connectivity index (χ1) is 15.3. The van der Waals surface area contributed by atoms with Crippen LogP contribution in [0.25, 0.3) is 0 Å². The molecule has 170 valence electrons. The van der Waals surface area contributed by atoms with Crippen molar-refractivity contribution in [3.05, 3.63) is 62.6 Å². The Hall–Kier alpha value is -3.34. The predicted octanol–water partition coefficient (Wildman–Crippen LogP) is 1.63. The monoisotopic (exact) mass is 457 g/mol. The Morgan fingerprint density at radius 2 is 1.97 bits per heavy atom. The van der Waals surface area contributed by atoms with Crippen molar-refractivity contribution in [3.8, 4) is 0 Å². The number of rotatable bonds is 9. The molecule has 4 N–H and O–H groups in total. The lowest BCUT2D eigenvalue weighted by molar-refractivity contribution is -0.116. The van der Waals surface area contributed by atoms with Crippen LogP contribution in [0.3, 0.4) is 0 Å². The number of H-pyrrole nitrogens is 2. The largest absolute Gasteiger partial charge is 0.383 e. The number of amides is 1. The molecule has 0 radical (unpaired) electrons. The fraction of sp³-hybridized carbons (Fsp3) is 0.381. The van der Waals surface area contributed by atoms with E-state index in [4.69, 9.17) is 5.73 Å². The van der Waals surface area contributed by atoms with Gasteiger partial charge in [0, 0.05) is 13.0 Å². The molecule has 11 heteroatoms. The van der Waals surface area contributed by atoms with Crippen molar-refractivity contribution < 1.29 is 4.79 Å². The number of hydrogen-bond acceptors (Lipinski definition) is 7. The minimum absolute atomic E-state index is 0.0183. The molecular formula is C21H27N7O3S. The van der Waals surface area contributed by atoms with Crippen LogP contribution in [0.4, 0.5) is 11.5 Å². The molecule has 0 bridgehead atoms. The highest BCUT2D eigenvalue weighted by atomic mass is 32.2. The van der Waals surface area contributed by atoms with Crippen molar-refractivity contribution in [2.24, 2.45) is 5.92 Å². The summed E-state index contributed by atoms with van der Waals surface area (Å²) in [7, 11) is 0. The summed E-state index contributed by atoms with van der Waals surface area (Å²) in [6.07, 6.45) is 0.704. The Morgan fingerprint density at radius 3 is 2.59 bits per heavy atom. The lowest BCUT2D eigenvalue weighted by Crippen LogP contribution is -2.43. The van der Waals surface area contributed by atoms with E-state index in [0.29, 0.717) is 11.6 Å². The van der Waals surface area contributed by atoms with Gasteiger partial charge >= 0.3 is 5.69 Å². The standard InChI is InChI=1S/C21H27N7O3S/c1-4-15-23-20(26-25-15)32-12-16(29)27(10-13(2)3)17-18(22)28(21(31)24-19(17)30)11-14-8-6-5-7-9-14/h5-9,13H,4,10-12,22H2,1-3H3,(H,23,25,26)(H,24,30,31). The summed E-state index contributed by atoms with van der Waals surface area (Å²) in [6, 6.07) is 9.27. The number of aromatic amines is 2. The van der Waals surface area contributed by atoms with Gasteiger partial charge in [-0.3, -0.25) is 24.2 Å². The summed E-state index contributed by atoms with van der Waals surface area (Å²) in [5, 5.41) is 7.34. The average Bonchev–Trinajstić information content (AvgIpc) is 3.23. The van der Waals surface area contributed by atoms with Crippen LogP contribution in [-0.4, -0.2) is 42.9 Å². The molecule has 3 rings (SSSR count). The van der Waals surface area contributed by atoms with Gasteiger partial charge in [-0.2, -0.15) is 0 Å². The van der Waals surface area contributed by atoms with E-state index in [1.807, 2.05) is 51.1 Å². The Kier molecular flexibility index (Phi) is 7.52. The van der Waals surface area contributed by atoms with Crippen LogP contribution < -0.4 is 21.9 Å². The number of benzene rings is 1. The maximum Gasteiger partial charge on any atom is 0.330 e. The zero-order chi connectivity index (χ0) is 23.3. The fourth-order valence-electron chi connectivity index (χ4n) is 3.15. The van der Waals surface area contributed by atoms with Gasteiger partial charge in [0.2, 0.25) is 11.1 Å². The number of thioether (sulfide) groups is 1. The number of carbonyl (C=O) groups excluding carboxylic acids is 1. The van der Waals surface area contributed by atoms with E-state index in [-0.39, 0.29) is 42.2 Å². The second-order valence-corrected chi connectivity index (χ2v) is 8.61. The van der Waals surface area contributed by atoms with Gasteiger partial charge < -0.3 is 10.6 Å². The van der Waals surface area contributed by atoms with Crippen molar-refractivity contribution in [2.45, 2.75) is 38.9 Å². The first-order valence-corrected chi connectivity index (χ1v) is 11.3. The fourth-order valence-corrected chi connectivity index (χ4v) is 3.84. The number of nitrogens with zero attached hydrogens (tertiary/aromatic N) is 4. The summed E-state index contributed by atoms with van der Waals surface area (Å²) in [4.78, 5) is 46.3. The summed E-state index contributed by atoms with van der Waals surface area (Å²) in [5.41, 5.74) is 5.79. The molecule has 10 nitrogen and oxygen atoms in total. The minimum atomic E-state index is -0.693. The van der Waals surface area contributed by atoms with Gasteiger partial charge in [0.05, 0.1) is 12.3 Å². The zero-order valence-corrected chi connectivity index (χ0v) is 19.1. The molecule has 0 saturated carbocycles. The topological polar surface area (TPSA) is 143 Å². The van der Waals surface area contributed by atoms with Crippen LogP contribution in [0, 0.1) is 5.92 Å². The smallest absolute Gasteiger partial charge is 0.330 e. The Morgan fingerprint density at radius 1 is 1.25 bits per heavy atom. The number of aromatic nitrogens is 5. The summed E-state index contributed by atoms with van der Waals surface area (Å²) in [6.45, 7) is 6.25. The number of carbonyl (C=O) groups is 1. The van der Waals surface area contributed by atoms with E-state index in [2.05, 4.69) is 20.2 Å². The van der Waals surface area contributed by atoms with Crippen LogP contribution in [-0.2, 0) is 17.8 Å². The van der Waals surface area contributed by atoms with E-state index in [1.54, 1.807) is 0 Å². The number of nitrogens with one attached hydrogen (secondary N) is 2. The molecule has 2 aromatic heterocycles. The van der Waals surface area contributed by atoms with E-state index < -0.39 is 11.2 Å². The maximum absolute atomic E-state index is 13.1. The van der Waals surface area contributed by atoms with Crippen molar-refractivity contribution in [3.63, 3.8) is 0 Å². The van der Waals surface area contributed by atoms with Crippen molar-refractivity contribution in [2.75, 3.05) is 22.9 Å². The highest BCUT2D eigenvalue weighted by Gasteiger charge is 2.25. The molecule has 32 heavy (non-hydrogen) atoms. The molecule has 0 aliphatic heterocycles. The quantitative estimate of drug-likeness (QED) is 0.414. The highest BCUT2D eigenvalue weighted by molar-refractivity contribution is 7.99. The zero-order valence-electron chi connectivity index (χ0n) is 18.3. The predicted molar refractivity (Wildman–Crippen MR) is 125 cm³/mol. The third kappa shape index (κ3) is 5.47. The molecule has 1 amide bonds. The number of nitrogens with two attached hydrogens (primary N) is 1. The number of aryl methyl sites for hydroxylation is 1. The Bertz CT molecular complexity index is 1180. The maximum atomic E-state index is 13.1. The first-order valence-electron chi connectivity index (χ1n) is 10.3. The van der Waals surface area contributed by atoms with Gasteiger partial charge in [0.1, 0.15) is 11.6 Å². The van der Waals surface area contributed by atoms with Crippen molar-refractivity contribution >= 4 is 29.2 Å². The molecule has 1 aromatic carbocycles. The second kappa shape index (κ2) is 10.3. The van der Waals surface area contributed by atoms with Crippen LogP contribution in [0.5, 0.6) is 0 Å². The first kappa shape index (κ1) is 23.3. The molecular weight excluding hydrogens is 430 g/mol. The summed E-state index contributed by atoms with van der Waals surface area (Å²) < 4.78 is 1.27. The normalized spacial score (nSPS) is 11.1. The lowest BCUT2D eigenvalue weighted by atomic mass is 10.2. The second-order valence-electron chi connectivity index (χ2n) is 7.67. The Balaban J connectivity index is 1.93. The summed E-state index contributed by atoms with van der Waals surface area (Å²) in [5.74, 6) is 0.436. The van der Waals surface area contributed by atoms with Gasteiger partial charge in [0.25, 0.3) is 5.56 Å². The molecule has 0 saturated heterocycles. The van der Waals surface area contributed by atoms with Crippen LogP contribution in [0.1, 0.15) is 32.2 Å². The van der Waals surface area contributed by atoms with Crippen LogP contribution >= 0.6 is 11.8 Å². The van der Waals surface area contributed by atoms with Crippen LogP contribution in [0.15, 0.2) is 45.1 Å². The van der Waals surface area contributed by atoms with Gasteiger partial charge in [-0.15, -0.1) is 5.10 Å². The third-order valence-corrected chi connectivity index (χ3v) is 5.52. The average molecular weight is 458 g/mol. The van der Waals surface area contributed by atoms with Crippen LogP contribution in [0.2, 0.25) is 0 Å². The molecule has 0 unspecified atom stereocenters. The van der Waals surface area contributed by atoms with Gasteiger partial charge in [-0.1, -0.05) is 62.9 Å². The van der Waals surface area contributed by atoms with Gasteiger partial charge in [0.15, 0.2) is 5.69 Å². The number of anilines is 2. The molecule has 0 aliphatic rings. The lowest BCUT2D eigenvalue weighted by Gasteiger charge is -2.26. The van der Waals surface area contributed by atoms with Crippen molar-refractivity contribution in [1.29, 1.82) is 0 Å². The molecule has 0 fully saturated rings. The molecule has 2 heterocycles. The molecule has 0 spiro atoms. The number of hydrogen-bond donors (Lipinski definition) is 3. The molecule has 0 aliphatic carbocycles.